The van der Waals surface area contributed by atoms with E-state index >= 15 is 0 Å². The highest BCUT2D eigenvalue weighted by molar-refractivity contribution is 8.00. The molecule has 0 bridgehead atoms. The number of hydrogen-bond acceptors (Lipinski definition) is 3. The smallest absolute Gasteiger partial charge is 0.124 e. The average molecular weight is 225 g/mol. The van der Waals surface area contributed by atoms with Gasteiger partial charge in [-0.15, -0.1) is 11.8 Å². The van der Waals surface area contributed by atoms with E-state index in [0.29, 0.717) is 12.0 Å². The van der Waals surface area contributed by atoms with Gasteiger partial charge >= 0.3 is 0 Å². The first-order chi connectivity index (χ1) is 7.17. The summed E-state index contributed by atoms with van der Waals surface area (Å²) in [7, 11) is 0. The Labute approximate surface area is 92.7 Å². The highest BCUT2D eigenvalue weighted by Crippen LogP contribution is 2.28. The van der Waals surface area contributed by atoms with E-state index in [-0.39, 0.29) is 11.9 Å². The van der Waals surface area contributed by atoms with Gasteiger partial charge in [-0.05, 0) is 24.6 Å². The van der Waals surface area contributed by atoms with E-state index in [1.165, 1.54) is 23.9 Å². The van der Waals surface area contributed by atoms with Gasteiger partial charge < -0.3 is 5.11 Å². The molecule has 2 nitrogen and oxygen atoms in total. The van der Waals surface area contributed by atoms with Crippen LogP contribution < -0.4 is 0 Å². The Hall–Kier alpha value is -1.05. The van der Waals surface area contributed by atoms with E-state index in [2.05, 4.69) is 0 Å². The van der Waals surface area contributed by atoms with E-state index in [4.69, 9.17) is 10.4 Å². The molecule has 0 spiro atoms. The monoisotopic (exact) mass is 225 g/mol. The van der Waals surface area contributed by atoms with Crippen LogP contribution in [0.2, 0.25) is 0 Å². The first kappa shape index (κ1) is 12.0. The molecular weight excluding hydrogens is 213 g/mol. The van der Waals surface area contributed by atoms with Crippen molar-refractivity contribution >= 4 is 11.8 Å². The number of hydrogen-bond donors (Lipinski definition) is 1. The zero-order valence-corrected chi connectivity index (χ0v) is 9.22. The molecule has 0 radical (unpaired) electrons. The second-order valence-electron chi connectivity index (χ2n) is 3.19. The van der Waals surface area contributed by atoms with Crippen LogP contribution in [0.5, 0.6) is 0 Å². The number of aliphatic hydroxyl groups excluding tert-OH is 1. The summed E-state index contributed by atoms with van der Waals surface area (Å²) >= 11 is 1.48. The number of nitriles is 1. The summed E-state index contributed by atoms with van der Waals surface area (Å²) in [6, 6.07) is 6.14. The lowest BCUT2D eigenvalue weighted by Crippen LogP contribution is -1.99. The van der Waals surface area contributed by atoms with Crippen LogP contribution in [-0.2, 0) is 0 Å². The molecule has 1 N–H and O–H groups in total. The average Bonchev–Trinajstić information content (AvgIpc) is 2.21. The van der Waals surface area contributed by atoms with E-state index in [9.17, 15) is 4.39 Å². The third-order valence-corrected chi connectivity index (χ3v) is 3.17. The van der Waals surface area contributed by atoms with Crippen LogP contribution in [0.25, 0.3) is 0 Å². The Kier molecular flexibility index (Phi) is 4.60. The Balaban J connectivity index is 2.81. The van der Waals surface area contributed by atoms with Gasteiger partial charge in [0.25, 0.3) is 0 Å². The highest BCUT2D eigenvalue weighted by atomic mass is 32.2. The molecule has 1 aromatic carbocycles. The standard InChI is InChI=1S/C11H12FNOS/c1-8(4-5-14)15-11-3-2-10(12)6-9(11)7-13/h2-3,6,8,14H,4-5H2,1H3. The number of benzene rings is 1. The van der Waals surface area contributed by atoms with E-state index in [1.54, 1.807) is 6.07 Å². The molecule has 0 saturated carbocycles. The summed E-state index contributed by atoms with van der Waals surface area (Å²) in [4.78, 5) is 0.764. The summed E-state index contributed by atoms with van der Waals surface area (Å²) in [5.74, 6) is -0.397. The second kappa shape index (κ2) is 5.74. The SMILES string of the molecule is CC(CCO)Sc1ccc(F)cc1C#N. The Morgan fingerprint density at radius 2 is 2.33 bits per heavy atom. The summed E-state index contributed by atoms with van der Waals surface area (Å²) in [5, 5.41) is 17.8. The van der Waals surface area contributed by atoms with Crippen molar-refractivity contribution in [2.45, 2.75) is 23.5 Å². The van der Waals surface area contributed by atoms with Crippen LogP contribution in [0.4, 0.5) is 4.39 Å². The largest absolute Gasteiger partial charge is 0.396 e. The molecule has 0 aromatic heterocycles. The van der Waals surface area contributed by atoms with Gasteiger partial charge in [-0.3, -0.25) is 0 Å². The molecule has 15 heavy (non-hydrogen) atoms. The second-order valence-corrected chi connectivity index (χ2v) is 4.67. The van der Waals surface area contributed by atoms with Crippen molar-refractivity contribution in [2.24, 2.45) is 0 Å². The molecule has 1 aromatic rings. The molecule has 0 aliphatic rings. The molecule has 0 heterocycles. The van der Waals surface area contributed by atoms with Gasteiger partial charge in [-0.1, -0.05) is 6.92 Å². The van der Waals surface area contributed by atoms with Crippen LogP contribution in [-0.4, -0.2) is 17.0 Å². The fourth-order valence-corrected chi connectivity index (χ4v) is 2.18. The van der Waals surface area contributed by atoms with Gasteiger partial charge in [0.15, 0.2) is 0 Å². The summed E-state index contributed by atoms with van der Waals surface area (Å²) in [6.45, 7) is 2.09. The van der Waals surface area contributed by atoms with Crippen molar-refractivity contribution in [2.75, 3.05) is 6.61 Å². The Bertz CT molecular complexity index is 375. The van der Waals surface area contributed by atoms with Gasteiger partial charge in [0.05, 0.1) is 5.56 Å². The normalized spacial score (nSPS) is 12.1. The lowest BCUT2D eigenvalue weighted by molar-refractivity contribution is 0.289. The van der Waals surface area contributed by atoms with E-state index in [0.717, 1.165) is 4.90 Å². The van der Waals surface area contributed by atoms with Crippen LogP contribution in [0.1, 0.15) is 18.9 Å². The van der Waals surface area contributed by atoms with Crippen molar-refractivity contribution < 1.29 is 9.50 Å². The fourth-order valence-electron chi connectivity index (χ4n) is 1.15. The van der Waals surface area contributed by atoms with Crippen LogP contribution in [0, 0.1) is 17.1 Å². The van der Waals surface area contributed by atoms with Crippen molar-refractivity contribution in [1.82, 2.24) is 0 Å². The topological polar surface area (TPSA) is 44.0 Å². The number of thioether (sulfide) groups is 1. The molecule has 0 amide bonds. The van der Waals surface area contributed by atoms with Gasteiger partial charge in [0.2, 0.25) is 0 Å². The summed E-state index contributed by atoms with van der Waals surface area (Å²) < 4.78 is 12.8. The lowest BCUT2D eigenvalue weighted by atomic mass is 10.2. The van der Waals surface area contributed by atoms with Gasteiger partial charge in [-0.2, -0.15) is 5.26 Å². The third kappa shape index (κ3) is 3.54. The van der Waals surface area contributed by atoms with Crippen LogP contribution in [0.15, 0.2) is 23.1 Å². The minimum atomic E-state index is -0.397. The van der Waals surface area contributed by atoms with Gasteiger partial charge in [0.1, 0.15) is 11.9 Å². The van der Waals surface area contributed by atoms with E-state index in [1.807, 2.05) is 13.0 Å². The first-order valence-corrected chi connectivity index (χ1v) is 5.52. The maximum absolute atomic E-state index is 12.8. The fraction of sp³-hybridized carbons (Fsp3) is 0.364. The maximum Gasteiger partial charge on any atom is 0.124 e. The predicted octanol–water partition coefficient (Wildman–Crippen LogP) is 2.56. The number of aliphatic hydroxyl groups is 1. The van der Waals surface area contributed by atoms with Gasteiger partial charge in [0, 0.05) is 16.8 Å². The zero-order chi connectivity index (χ0) is 11.3. The quantitative estimate of drug-likeness (QED) is 0.801. The summed E-state index contributed by atoms with van der Waals surface area (Å²) in [6.07, 6.45) is 0.660. The number of halogens is 1. The molecule has 0 fully saturated rings. The first-order valence-electron chi connectivity index (χ1n) is 4.64. The molecular formula is C11H12FNOS. The van der Waals surface area contributed by atoms with Gasteiger partial charge in [-0.25, -0.2) is 4.39 Å². The van der Waals surface area contributed by atoms with Crippen molar-refractivity contribution in [3.8, 4) is 6.07 Å². The molecule has 0 saturated heterocycles. The van der Waals surface area contributed by atoms with Crippen LogP contribution >= 0.6 is 11.8 Å². The van der Waals surface area contributed by atoms with E-state index < -0.39 is 5.82 Å². The number of rotatable bonds is 4. The molecule has 1 atom stereocenters. The minimum absolute atomic E-state index is 0.122. The zero-order valence-electron chi connectivity index (χ0n) is 8.40. The summed E-state index contributed by atoms with van der Waals surface area (Å²) in [5.41, 5.74) is 0.352. The molecule has 0 aliphatic carbocycles. The van der Waals surface area contributed by atoms with Crippen molar-refractivity contribution in [3.05, 3.63) is 29.6 Å². The molecule has 0 aliphatic heterocycles. The van der Waals surface area contributed by atoms with Crippen LogP contribution in [0.3, 0.4) is 0 Å². The molecule has 1 rings (SSSR count). The molecule has 4 heteroatoms. The minimum Gasteiger partial charge on any atom is -0.396 e. The maximum atomic E-state index is 12.8. The lowest BCUT2D eigenvalue weighted by Gasteiger charge is -2.10. The third-order valence-electron chi connectivity index (χ3n) is 1.93. The Morgan fingerprint density at radius 3 is 2.93 bits per heavy atom. The number of nitrogens with zero attached hydrogens (tertiary/aromatic N) is 1. The highest BCUT2D eigenvalue weighted by Gasteiger charge is 2.08. The van der Waals surface area contributed by atoms with Crippen molar-refractivity contribution in [1.29, 1.82) is 5.26 Å². The molecule has 1 unspecified atom stereocenters. The predicted molar refractivity (Wildman–Crippen MR) is 58.1 cm³/mol. The molecule has 80 valence electrons. The Morgan fingerprint density at radius 1 is 1.60 bits per heavy atom. The van der Waals surface area contributed by atoms with Crippen molar-refractivity contribution in [3.63, 3.8) is 0 Å².